The molecule has 162 valence electrons. The van der Waals surface area contributed by atoms with Crippen molar-refractivity contribution in [3.63, 3.8) is 0 Å². The molecule has 0 bridgehead atoms. The summed E-state index contributed by atoms with van der Waals surface area (Å²) >= 11 is 5.92. The SMILES string of the molecule is COc1ccc(C(=O)N[C@H](C)c2ccc(Cl)cc2)cc1S(=O)(=O)N1CCCCCC1. The number of amides is 1. The van der Waals surface area contributed by atoms with Gasteiger partial charge in [-0.3, -0.25) is 4.79 Å². The number of ether oxygens (including phenoxy) is 1. The second-order valence-corrected chi connectivity index (χ2v) is 9.77. The molecule has 1 atom stereocenters. The van der Waals surface area contributed by atoms with Crippen molar-refractivity contribution >= 4 is 27.5 Å². The fourth-order valence-corrected chi connectivity index (χ4v) is 5.38. The van der Waals surface area contributed by atoms with Gasteiger partial charge in [0, 0.05) is 23.7 Å². The Morgan fingerprint density at radius 2 is 1.70 bits per heavy atom. The third-order valence-corrected chi connectivity index (χ3v) is 7.50. The lowest BCUT2D eigenvalue weighted by atomic mass is 10.1. The molecule has 0 unspecified atom stereocenters. The van der Waals surface area contributed by atoms with Gasteiger partial charge in [0.05, 0.1) is 13.2 Å². The molecule has 0 spiro atoms. The minimum Gasteiger partial charge on any atom is -0.495 e. The number of carbonyl (C=O) groups excluding carboxylic acids is 1. The average molecular weight is 451 g/mol. The van der Waals surface area contributed by atoms with E-state index in [0.717, 1.165) is 31.2 Å². The van der Waals surface area contributed by atoms with Gasteiger partial charge in [0.1, 0.15) is 10.6 Å². The average Bonchev–Trinajstić information content (AvgIpc) is 3.04. The molecule has 8 heteroatoms. The number of halogens is 1. The highest BCUT2D eigenvalue weighted by molar-refractivity contribution is 7.89. The van der Waals surface area contributed by atoms with Gasteiger partial charge in [-0.25, -0.2) is 8.42 Å². The van der Waals surface area contributed by atoms with Crippen molar-refractivity contribution in [2.45, 2.75) is 43.5 Å². The van der Waals surface area contributed by atoms with Gasteiger partial charge in [0.2, 0.25) is 10.0 Å². The number of nitrogens with zero attached hydrogens (tertiary/aromatic N) is 1. The van der Waals surface area contributed by atoms with Crippen LogP contribution in [0.2, 0.25) is 5.02 Å². The fraction of sp³-hybridized carbons (Fsp3) is 0.409. The Morgan fingerprint density at radius 3 is 2.30 bits per heavy atom. The molecule has 6 nitrogen and oxygen atoms in total. The summed E-state index contributed by atoms with van der Waals surface area (Å²) in [5, 5.41) is 3.53. The van der Waals surface area contributed by atoms with E-state index >= 15 is 0 Å². The summed E-state index contributed by atoms with van der Waals surface area (Å²) in [6.07, 6.45) is 3.71. The zero-order valence-corrected chi connectivity index (χ0v) is 18.8. The van der Waals surface area contributed by atoms with Crippen LogP contribution in [0.1, 0.15) is 54.6 Å². The number of nitrogens with one attached hydrogen (secondary N) is 1. The highest BCUT2D eigenvalue weighted by Crippen LogP contribution is 2.29. The van der Waals surface area contributed by atoms with Gasteiger partial charge in [-0.1, -0.05) is 36.6 Å². The van der Waals surface area contributed by atoms with Crippen molar-refractivity contribution in [1.82, 2.24) is 9.62 Å². The molecular weight excluding hydrogens is 424 g/mol. The van der Waals surface area contributed by atoms with E-state index in [1.807, 2.05) is 19.1 Å². The molecule has 1 saturated heterocycles. The summed E-state index contributed by atoms with van der Waals surface area (Å²) in [5.74, 6) is -0.117. The zero-order valence-electron chi connectivity index (χ0n) is 17.2. The predicted molar refractivity (Wildman–Crippen MR) is 118 cm³/mol. The number of sulfonamides is 1. The Labute approximate surface area is 183 Å². The molecule has 1 aliphatic heterocycles. The van der Waals surface area contributed by atoms with E-state index in [1.54, 1.807) is 18.2 Å². The quantitative estimate of drug-likeness (QED) is 0.707. The molecule has 1 N–H and O–H groups in total. The van der Waals surface area contributed by atoms with Gasteiger partial charge in [0.25, 0.3) is 5.91 Å². The summed E-state index contributed by atoms with van der Waals surface area (Å²) in [5.41, 5.74) is 1.17. The molecule has 3 rings (SSSR count). The molecule has 30 heavy (non-hydrogen) atoms. The van der Waals surface area contributed by atoms with Crippen LogP contribution in [0.5, 0.6) is 5.75 Å². The van der Waals surface area contributed by atoms with Crippen LogP contribution in [-0.2, 0) is 10.0 Å². The van der Waals surface area contributed by atoms with Crippen molar-refractivity contribution in [3.05, 3.63) is 58.6 Å². The normalized spacial score (nSPS) is 16.5. The van der Waals surface area contributed by atoms with Gasteiger partial charge >= 0.3 is 0 Å². The third kappa shape index (κ3) is 5.14. The molecule has 1 aliphatic rings. The number of rotatable bonds is 6. The molecule has 1 heterocycles. The first-order valence-corrected chi connectivity index (χ1v) is 11.9. The van der Waals surface area contributed by atoms with Gasteiger partial charge in [0.15, 0.2) is 0 Å². The van der Waals surface area contributed by atoms with Crippen molar-refractivity contribution in [2.75, 3.05) is 20.2 Å². The van der Waals surface area contributed by atoms with Gasteiger partial charge in [-0.15, -0.1) is 0 Å². The van der Waals surface area contributed by atoms with Gasteiger partial charge < -0.3 is 10.1 Å². The second kappa shape index (κ2) is 9.81. The van der Waals surface area contributed by atoms with E-state index in [9.17, 15) is 13.2 Å². The van der Waals surface area contributed by atoms with Crippen molar-refractivity contribution < 1.29 is 17.9 Å². The Balaban J connectivity index is 1.86. The maximum absolute atomic E-state index is 13.3. The number of methoxy groups -OCH3 is 1. The van der Waals surface area contributed by atoms with Crippen LogP contribution in [0.3, 0.4) is 0 Å². The van der Waals surface area contributed by atoms with Crippen LogP contribution in [-0.4, -0.2) is 38.8 Å². The molecule has 1 fully saturated rings. The van der Waals surface area contributed by atoms with E-state index < -0.39 is 10.0 Å². The minimum absolute atomic E-state index is 0.0266. The molecule has 1 amide bonds. The van der Waals surface area contributed by atoms with E-state index in [-0.39, 0.29) is 28.2 Å². The smallest absolute Gasteiger partial charge is 0.251 e. The Kier molecular flexibility index (Phi) is 7.39. The van der Waals surface area contributed by atoms with E-state index in [2.05, 4.69) is 5.32 Å². The van der Waals surface area contributed by atoms with Gasteiger partial charge in [-0.2, -0.15) is 4.31 Å². The van der Waals surface area contributed by atoms with Crippen LogP contribution in [0, 0.1) is 0 Å². The monoisotopic (exact) mass is 450 g/mol. The summed E-state index contributed by atoms with van der Waals surface area (Å²) in [7, 11) is -2.33. The summed E-state index contributed by atoms with van der Waals surface area (Å²) in [4.78, 5) is 12.8. The lowest BCUT2D eigenvalue weighted by molar-refractivity contribution is 0.0939. The van der Waals surface area contributed by atoms with Crippen LogP contribution in [0.25, 0.3) is 0 Å². The first-order chi connectivity index (χ1) is 14.3. The summed E-state index contributed by atoms with van der Waals surface area (Å²) in [6, 6.07) is 11.5. The molecule has 0 aromatic heterocycles. The molecule has 0 radical (unpaired) electrons. The standard InChI is InChI=1S/C22H27ClN2O4S/c1-16(17-7-10-19(23)11-8-17)24-22(26)18-9-12-20(29-2)21(15-18)30(27,28)25-13-5-3-4-6-14-25/h7-12,15-16H,3-6,13-14H2,1-2H3,(H,24,26)/t16-/m1/s1. The van der Waals surface area contributed by atoms with Crippen LogP contribution >= 0.6 is 11.6 Å². The van der Waals surface area contributed by atoms with Crippen LogP contribution in [0.4, 0.5) is 0 Å². The molecule has 0 aliphatic carbocycles. The third-order valence-electron chi connectivity index (χ3n) is 5.33. The topological polar surface area (TPSA) is 75.7 Å². The zero-order chi connectivity index (χ0) is 21.7. The van der Waals surface area contributed by atoms with Crippen LogP contribution in [0.15, 0.2) is 47.4 Å². The van der Waals surface area contributed by atoms with E-state index in [4.69, 9.17) is 16.3 Å². The second-order valence-electron chi connectivity index (χ2n) is 7.43. The predicted octanol–water partition coefficient (Wildman–Crippen LogP) is 4.40. The highest BCUT2D eigenvalue weighted by atomic mass is 35.5. The number of carbonyl (C=O) groups is 1. The maximum atomic E-state index is 13.3. The Hall–Kier alpha value is -2.09. The highest BCUT2D eigenvalue weighted by Gasteiger charge is 2.29. The minimum atomic E-state index is -3.76. The van der Waals surface area contributed by atoms with E-state index in [1.165, 1.54) is 23.5 Å². The largest absolute Gasteiger partial charge is 0.495 e. The van der Waals surface area contributed by atoms with Crippen LogP contribution < -0.4 is 10.1 Å². The fourth-order valence-electron chi connectivity index (χ4n) is 3.56. The number of benzene rings is 2. The van der Waals surface area contributed by atoms with Crippen molar-refractivity contribution in [2.24, 2.45) is 0 Å². The molecule has 0 saturated carbocycles. The summed E-state index contributed by atoms with van der Waals surface area (Å²) in [6.45, 7) is 2.82. The van der Waals surface area contributed by atoms with Crippen molar-refractivity contribution in [1.29, 1.82) is 0 Å². The first kappa shape index (κ1) is 22.6. The lowest BCUT2D eigenvalue weighted by Crippen LogP contribution is -2.32. The first-order valence-electron chi connectivity index (χ1n) is 10.1. The Morgan fingerprint density at radius 1 is 1.07 bits per heavy atom. The Bertz CT molecular complexity index is 985. The lowest BCUT2D eigenvalue weighted by Gasteiger charge is -2.22. The van der Waals surface area contributed by atoms with Crippen molar-refractivity contribution in [3.8, 4) is 5.75 Å². The molecular formula is C22H27ClN2O4S. The maximum Gasteiger partial charge on any atom is 0.251 e. The van der Waals surface area contributed by atoms with Gasteiger partial charge in [-0.05, 0) is 55.7 Å². The molecule has 2 aromatic carbocycles. The summed E-state index contributed by atoms with van der Waals surface area (Å²) < 4.78 is 33.3. The molecule has 2 aromatic rings. The number of hydrogen-bond donors (Lipinski definition) is 1. The van der Waals surface area contributed by atoms with E-state index in [0.29, 0.717) is 18.1 Å². The number of hydrogen-bond acceptors (Lipinski definition) is 4.